The first kappa shape index (κ1) is 32.3. The van der Waals surface area contributed by atoms with E-state index >= 15 is 26.3 Å². The number of imidazole rings is 2. The van der Waals surface area contributed by atoms with Crippen LogP contribution in [0.4, 0.5) is 37.7 Å². The van der Waals surface area contributed by atoms with Crippen molar-refractivity contribution in [2.75, 3.05) is 10.6 Å². The Morgan fingerprint density at radius 2 is 1.18 bits per heavy atom. The van der Waals surface area contributed by atoms with Crippen LogP contribution in [0, 0.1) is 13.8 Å². The standard InChI is InChI=1S/C30H30F6N6O2/c1-7-42-15-14-41(6)27(42)25(44)38-23-17-21(11-9-19(23)3)28(29(31,32)33,30(34,35)36)20-10-8-18(2)22(16-20)37-24(43)26-39(4)12-13-40(26)5/h8-17H,7H2,1-6H3/p+2. The van der Waals surface area contributed by atoms with E-state index in [1.54, 1.807) is 57.4 Å². The van der Waals surface area contributed by atoms with Crippen LogP contribution in [0.1, 0.15) is 50.4 Å². The summed E-state index contributed by atoms with van der Waals surface area (Å²) in [5.74, 6) is -1.16. The lowest BCUT2D eigenvalue weighted by atomic mass is 9.72. The molecule has 14 heteroatoms. The Morgan fingerprint density at radius 3 is 1.59 bits per heavy atom. The van der Waals surface area contributed by atoms with E-state index in [-0.39, 0.29) is 34.2 Å². The van der Waals surface area contributed by atoms with Crippen molar-refractivity contribution in [1.82, 2.24) is 9.13 Å². The molecule has 2 heterocycles. The van der Waals surface area contributed by atoms with Gasteiger partial charge in [-0.25, -0.2) is 18.3 Å². The van der Waals surface area contributed by atoms with Crippen LogP contribution < -0.4 is 19.8 Å². The molecule has 0 aliphatic carbocycles. The zero-order valence-electron chi connectivity index (χ0n) is 24.9. The lowest BCUT2D eigenvalue weighted by molar-refractivity contribution is -0.672. The van der Waals surface area contributed by atoms with Gasteiger partial charge in [-0.2, -0.15) is 26.3 Å². The van der Waals surface area contributed by atoms with Crippen molar-refractivity contribution in [3.63, 3.8) is 0 Å². The van der Waals surface area contributed by atoms with Crippen LogP contribution in [0.5, 0.6) is 0 Å². The molecule has 44 heavy (non-hydrogen) atoms. The summed E-state index contributed by atoms with van der Waals surface area (Å²) in [4.78, 5) is 26.1. The Hall–Kier alpha value is -4.62. The van der Waals surface area contributed by atoms with E-state index in [0.717, 1.165) is 24.3 Å². The number of rotatable bonds is 7. The van der Waals surface area contributed by atoms with Crippen molar-refractivity contribution in [3.05, 3.63) is 95.1 Å². The number of halogens is 6. The number of anilines is 2. The molecule has 0 unspecified atom stereocenters. The van der Waals surface area contributed by atoms with Gasteiger partial charge in [0.15, 0.2) is 0 Å². The van der Waals surface area contributed by atoms with Crippen LogP contribution in [-0.4, -0.2) is 33.3 Å². The summed E-state index contributed by atoms with van der Waals surface area (Å²) in [5.41, 5.74) is -6.74. The number of hydrogen-bond donors (Lipinski definition) is 2. The summed E-state index contributed by atoms with van der Waals surface area (Å²) in [6, 6.07) is 5.10. The number of nitrogens with zero attached hydrogens (tertiary/aromatic N) is 4. The van der Waals surface area contributed by atoms with E-state index < -0.39 is 40.7 Å². The first-order valence-corrected chi connectivity index (χ1v) is 13.5. The molecule has 0 saturated carbocycles. The van der Waals surface area contributed by atoms with Gasteiger partial charge in [-0.1, -0.05) is 24.3 Å². The van der Waals surface area contributed by atoms with Crippen molar-refractivity contribution in [1.29, 1.82) is 0 Å². The predicted molar refractivity (Wildman–Crippen MR) is 149 cm³/mol. The lowest BCUT2D eigenvalue weighted by Crippen LogP contribution is -2.54. The molecule has 2 aromatic heterocycles. The topological polar surface area (TPSA) is 75.8 Å². The SMILES string of the molecule is CCn1cc[n+](C)c1C(=O)Nc1cc(C(c2ccc(C)c(NC(=O)c3n(C)cc[n+]3C)c2)(C(F)(F)F)C(F)(F)F)ccc1C. The molecule has 0 atom stereocenters. The zero-order chi connectivity index (χ0) is 32.8. The predicted octanol–water partition coefficient (Wildman–Crippen LogP) is 5.03. The summed E-state index contributed by atoms with van der Waals surface area (Å²) >= 11 is 0. The second-order valence-corrected chi connectivity index (χ2v) is 10.6. The van der Waals surface area contributed by atoms with Crippen molar-refractivity contribution in [2.45, 2.75) is 45.1 Å². The summed E-state index contributed by atoms with van der Waals surface area (Å²) < 4.78 is 96.2. The van der Waals surface area contributed by atoms with Crippen LogP contribution in [0.15, 0.2) is 61.2 Å². The highest BCUT2D eigenvalue weighted by Gasteiger charge is 2.72. The first-order chi connectivity index (χ1) is 20.4. The number of aromatic nitrogens is 4. The summed E-state index contributed by atoms with van der Waals surface area (Å²) in [6.45, 7) is 5.10. The second kappa shape index (κ2) is 11.5. The molecule has 0 aliphatic rings. The molecule has 4 aromatic rings. The summed E-state index contributed by atoms with van der Waals surface area (Å²) in [6.07, 6.45) is -5.39. The maximum Gasteiger partial charge on any atom is 0.411 e. The van der Waals surface area contributed by atoms with Gasteiger partial charge in [0.2, 0.25) is 5.41 Å². The van der Waals surface area contributed by atoms with Crippen LogP contribution in [0.3, 0.4) is 0 Å². The lowest BCUT2D eigenvalue weighted by Gasteiger charge is -2.39. The average molecular weight is 623 g/mol. The van der Waals surface area contributed by atoms with Crippen LogP contribution in [0.2, 0.25) is 0 Å². The third kappa shape index (κ3) is 5.44. The summed E-state index contributed by atoms with van der Waals surface area (Å²) in [7, 11) is 4.74. The van der Waals surface area contributed by atoms with Crippen molar-refractivity contribution >= 4 is 23.2 Å². The van der Waals surface area contributed by atoms with Gasteiger partial charge in [0.25, 0.3) is 0 Å². The number of hydrogen-bond acceptors (Lipinski definition) is 2. The monoisotopic (exact) mass is 622 g/mol. The van der Waals surface area contributed by atoms with Gasteiger partial charge in [0.1, 0.15) is 24.8 Å². The molecule has 0 fully saturated rings. The minimum atomic E-state index is -5.88. The number of benzene rings is 2. The maximum atomic E-state index is 15.0. The Morgan fingerprint density at radius 1 is 0.750 bits per heavy atom. The molecule has 0 aliphatic heterocycles. The average Bonchev–Trinajstić information content (AvgIpc) is 3.46. The van der Waals surface area contributed by atoms with Gasteiger partial charge in [-0.05, 0) is 55.2 Å². The fraction of sp³-hybridized carbons (Fsp3) is 0.333. The highest BCUT2D eigenvalue weighted by molar-refractivity contribution is 6.02. The van der Waals surface area contributed by atoms with E-state index in [1.807, 2.05) is 0 Å². The summed E-state index contributed by atoms with van der Waals surface area (Å²) in [5, 5.41) is 4.95. The van der Waals surface area contributed by atoms with Crippen molar-refractivity contribution in [2.24, 2.45) is 21.1 Å². The Labute approximate surface area is 249 Å². The van der Waals surface area contributed by atoms with Crippen LogP contribution in [-0.2, 0) is 33.1 Å². The fourth-order valence-electron chi connectivity index (χ4n) is 5.30. The van der Waals surface area contributed by atoms with Gasteiger partial charge in [0.05, 0.1) is 27.7 Å². The minimum absolute atomic E-state index is 0.120. The molecule has 0 spiro atoms. The number of alkyl halides is 6. The maximum absolute atomic E-state index is 15.0. The molecule has 8 nitrogen and oxygen atoms in total. The molecular formula is C30H32F6N6O2+2. The highest BCUT2D eigenvalue weighted by Crippen LogP contribution is 2.57. The molecule has 0 radical (unpaired) electrons. The van der Waals surface area contributed by atoms with E-state index in [9.17, 15) is 9.59 Å². The smallest absolute Gasteiger partial charge is 0.315 e. The molecule has 2 N–H and O–H groups in total. The van der Waals surface area contributed by atoms with Crippen LogP contribution in [0.25, 0.3) is 0 Å². The fourth-order valence-corrected chi connectivity index (χ4v) is 5.30. The molecule has 0 saturated heterocycles. The largest absolute Gasteiger partial charge is 0.411 e. The van der Waals surface area contributed by atoms with Gasteiger partial charge in [0, 0.05) is 11.4 Å². The third-order valence-electron chi connectivity index (χ3n) is 7.69. The number of aryl methyl sites for hydroxylation is 6. The van der Waals surface area contributed by atoms with Gasteiger partial charge < -0.3 is 10.6 Å². The van der Waals surface area contributed by atoms with E-state index in [2.05, 4.69) is 10.6 Å². The first-order valence-electron chi connectivity index (χ1n) is 13.5. The number of nitrogens with one attached hydrogen (secondary N) is 2. The number of carbonyl (C=O) groups excluding carboxylic acids is 2. The number of amides is 2. The Balaban J connectivity index is 1.88. The van der Waals surface area contributed by atoms with Gasteiger partial charge in [-0.15, -0.1) is 0 Å². The quantitative estimate of drug-likeness (QED) is 0.224. The molecule has 0 bridgehead atoms. The molecule has 234 valence electrons. The van der Waals surface area contributed by atoms with Crippen molar-refractivity contribution in [3.8, 4) is 0 Å². The number of carbonyl (C=O) groups is 2. The van der Waals surface area contributed by atoms with Gasteiger partial charge >= 0.3 is 35.8 Å². The molecule has 4 rings (SSSR count). The Bertz CT molecular complexity index is 1700. The highest BCUT2D eigenvalue weighted by atomic mass is 19.4. The van der Waals surface area contributed by atoms with E-state index in [4.69, 9.17) is 0 Å². The third-order valence-corrected chi connectivity index (χ3v) is 7.69. The van der Waals surface area contributed by atoms with Crippen molar-refractivity contribution < 1.29 is 45.1 Å². The zero-order valence-corrected chi connectivity index (χ0v) is 24.9. The van der Waals surface area contributed by atoms with Gasteiger partial charge in [-0.3, -0.25) is 9.59 Å². The molecule has 2 aromatic carbocycles. The molecular weight excluding hydrogens is 590 g/mol. The Kier molecular flexibility index (Phi) is 8.42. The van der Waals surface area contributed by atoms with Crippen LogP contribution >= 0.6 is 0 Å². The second-order valence-electron chi connectivity index (χ2n) is 10.6. The van der Waals surface area contributed by atoms with E-state index in [0.29, 0.717) is 18.7 Å². The van der Waals surface area contributed by atoms with E-state index in [1.165, 1.54) is 27.5 Å². The minimum Gasteiger partial charge on any atom is -0.315 e. The molecule has 2 amide bonds. The normalized spacial score (nSPS) is 12.4.